The van der Waals surface area contributed by atoms with E-state index < -0.39 is 0 Å². The smallest absolute Gasteiger partial charge is 0.191 e. The van der Waals surface area contributed by atoms with Crippen molar-refractivity contribution in [3.63, 3.8) is 0 Å². The molecule has 0 amide bonds. The maximum atomic E-state index is 12.3. The molecule has 2 atom stereocenters. The molecule has 2 aromatic carbocycles. The van der Waals surface area contributed by atoms with Gasteiger partial charge in [0.05, 0.1) is 6.10 Å². The molecule has 1 heterocycles. The molecule has 102 valence electrons. The van der Waals surface area contributed by atoms with Crippen LogP contribution in [0.3, 0.4) is 0 Å². The minimum atomic E-state index is -0.257. The van der Waals surface area contributed by atoms with Crippen molar-refractivity contribution >= 4 is 5.78 Å². The summed E-state index contributed by atoms with van der Waals surface area (Å²) < 4.78 is 5.64. The standard InChI is InChI=1S/C18H18O2/c1-13-7-12-17(20-13)18(19)16-10-8-15(9-11-16)14-5-3-2-4-6-14/h2-6,8-11,13,17H,7,12H2,1H3. The molecule has 1 aliphatic heterocycles. The van der Waals surface area contributed by atoms with E-state index in [1.165, 1.54) is 0 Å². The summed E-state index contributed by atoms with van der Waals surface area (Å²) in [4.78, 5) is 12.3. The predicted octanol–water partition coefficient (Wildman–Crippen LogP) is 4.10. The average molecular weight is 266 g/mol. The van der Waals surface area contributed by atoms with Gasteiger partial charge in [0.25, 0.3) is 0 Å². The zero-order valence-electron chi connectivity index (χ0n) is 11.6. The van der Waals surface area contributed by atoms with E-state index in [4.69, 9.17) is 4.74 Å². The SMILES string of the molecule is CC1CCC(C(=O)c2ccc(-c3ccccc3)cc2)O1. The lowest BCUT2D eigenvalue weighted by atomic mass is 10.00. The first-order valence-corrected chi connectivity index (χ1v) is 7.09. The van der Waals surface area contributed by atoms with Gasteiger partial charge in [-0.25, -0.2) is 0 Å². The van der Waals surface area contributed by atoms with Crippen LogP contribution in [0.1, 0.15) is 30.1 Å². The number of carbonyl (C=O) groups is 1. The second-order valence-corrected chi connectivity index (χ2v) is 5.32. The van der Waals surface area contributed by atoms with E-state index in [-0.39, 0.29) is 18.0 Å². The van der Waals surface area contributed by atoms with Gasteiger partial charge in [-0.3, -0.25) is 4.79 Å². The van der Waals surface area contributed by atoms with E-state index in [1.807, 2.05) is 49.4 Å². The number of hydrogen-bond donors (Lipinski definition) is 0. The lowest BCUT2D eigenvalue weighted by Gasteiger charge is -2.10. The first-order valence-electron chi connectivity index (χ1n) is 7.09. The topological polar surface area (TPSA) is 26.3 Å². The highest BCUT2D eigenvalue weighted by atomic mass is 16.5. The molecule has 1 fully saturated rings. The summed E-state index contributed by atoms with van der Waals surface area (Å²) in [6.07, 6.45) is 1.75. The van der Waals surface area contributed by atoms with Gasteiger partial charge in [0.1, 0.15) is 6.10 Å². The largest absolute Gasteiger partial charge is 0.367 e. The van der Waals surface area contributed by atoms with E-state index in [1.54, 1.807) is 0 Å². The van der Waals surface area contributed by atoms with Gasteiger partial charge in [-0.1, -0.05) is 54.6 Å². The Morgan fingerprint density at radius 1 is 0.950 bits per heavy atom. The van der Waals surface area contributed by atoms with E-state index in [2.05, 4.69) is 12.1 Å². The monoisotopic (exact) mass is 266 g/mol. The maximum absolute atomic E-state index is 12.3. The first kappa shape index (κ1) is 13.1. The lowest BCUT2D eigenvalue weighted by molar-refractivity contribution is 0.0433. The van der Waals surface area contributed by atoms with Gasteiger partial charge in [0, 0.05) is 5.56 Å². The highest BCUT2D eigenvalue weighted by Crippen LogP contribution is 2.24. The molecule has 0 saturated carbocycles. The maximum Gasteiger partial charge on any atom is 0.191 e. The quantitative estimate of drug-likeness (QED) is 0.782. The van der Waals surface area contributed by atoms with Crippen molar-refractivity contribution in [3.05, 3.63) is 60.2 Å². The number of ether oxygens (including phenoxy) is 1. The Morgan fingerprint density at radius 2 is 1.60 bits per heavy atom. The third-order valence-electron chi connectivity index (χ3n) is 3.80. The van der Waals surface area contributed by atoms with E-state index in [0.29, 0.717) is 0 Å². The number of benzene rings is 2. The van der Waals surface area contributed by atoms with Gasteiger partial charge < -0.3 is 4.74 Å². The fourth-order valence-corrected chi connectivity index (χ4v) is 2.64. The molecule has 2 heteroatoms. The van der Waals surface area contributed by atoms with Crippen LogP contribution in [0.5, 0.6) is 0 Å². The van der Waals surface area contributed by atoms with Crippen molar-refractivity contribution in [1.29, 1.82) is 0 Å². The van der Waals surface area contributed by atoms with Crippen molar-refractivity contribution in [1.82, 2.24) is 0 Å². The molecule has 1 aliphatic rings. The minimum absolute atomic E-state index is 0.106. The predicted molar refractivity (Wildman–Crippen MR) is 79.8 cm³/mol. The van der Waals surface area contributed by atoms with Crippen LogP contribution in [0.15, 0.2) is 54.6 Å². The van der Waals surface area contributed by atoms with Crippen LogP contribution < -0.4 is 0 Å². The zero-order valence-corrected chi connectivity index (χ0v) is 11.6. The van der Waals surface area contributed by atoms with Crippen LogP contribution >= 0.6 is 0 Å². The number of Topliss-reactive ketones (excluding diaryl/α,β-unsaturated/α-hetero) is 1. The van der Waals surface area contributed by atoms with Gasteiger partial charge >= 0.3 is 0 Å². The van der Waals surface area contributed by atoms with Crippen LogP contribution in [0, 0.1) is 0 Å². The molecule has 0 aromatic heterocycles. The summed E-state index contributed by atoms with van der Waals surface area (Å²) in [5.74, 6) is 0.106. The molecule has 0 radical (unpaired) electrons. The highest BCUT2D eigenvalue weighted by molar-refractivity contribution is 6.00. The van der Waals surface area contributed by atoms with Crippen LogP contribution in [-0.4, -0.2) is 18.0 Å². The Labute approximate surface area is 119 Å². The lowest BCUT2D eigenvalue weighted by Crippen LogP contribution is -2.20. The fraction of sp³-hybridized carbons (Fsp3) is 0.278. The Hall–Kier alpha value is -1.93. The second-order valence-electron chi connectivity index (χ2n) is 5.32. The highest BCUT2D eigenvalue weighted by Gasteiger charge is 2.28. The average Bonchev–Trinajstić information content (AvgIpc) is 2.94. The summed E-state index contributed by atoms with van der Waals surface area (Å²) in [5.41, 5.74) is 3.03. The number of ketones is 1. The van der Waals surface area contributed by atoms with E-state index in [9.17, 15) is 4.79 Å². The van der Waals surface area contributed by atoms with Gasteiger partial charge in [0.2, 0.25) is 0 Å². The van der Waals surface area contributed by atoms with Crippen LogP contribution in [0.2, 0.25) is 0 Å². The molecular formula is C18H18O2. The van der Waals surface area contributed by atoms with Crippen molar-refractivity contribution in [2.75, 3.05) is 0 Å². The molecule has 2 nitrogen and oxygen atoms in total. The minimum Gasteiger partial charge on any atom is -0.367 e. The molecule has 2 unspecified atom stereocenters. The van der Waals surface area contributed by atoms with Crippen molar-refractivity contribution in [2.24, 2.45) is 0 Å². The van der Waals surface area contributed by atoms with Gasteiger partial charge in [-0.2, -0.15) is 0 Å². The molecule has 0 aliphatic carbocycles. The fourth-order valence-electron chi connectivity index (χ4n) is 2.64. The summed E-state index contributed by atoms with van der Waals surface area (Å²) in [6.45, 7) is 2.02. The van der Waals surface area contributed by atoms with E-state index in [0.717, 1.165) is 29.5 Å². The van der Waals surface area contributed by atoms with Gasteiger partial charge in [-0.15, -0.1) is 0 Å². The molecule has 1 saturated heterocycles. The Morgan fingerprint density at radius 3 is 2.20 bits per heavy atom. The third-order valence-corrected chi connectivity index (χ3v) is 3.80. The van der Waals surface area contributed by atoms with E-state index >= 15 is 0 Å². The zero-order chi connectivity index (χ0) is 13.9. The number of rotatable bonds is 3. The van der Waals surface area contributed by atoms with Crippen LogP contribution in [-0.2, 0) is 4.74 Å². The van der Waals surface area contributed by atoms with Crippen LogP contribution in [0.25, 0.3) is 11.1 Å². The number of hydrogen-bond acceptors (Lipinski definition) is 2. The van der Waals surface area contributed by atoms with Crippen molar-refractivity contribution in [2.45, 2.75) is 32.0 Å². The molecule has 20 heavy (non-hydrogen) atoms. The van der Waals surface area contributed by atoms with Gasteiger partial charge in [-0.05, 0) is 30.9 Å². The summed E-state index contributed by atoms with van der Waals surface area (Å²) in [6, 6.07) is 18.0. The summed E-state index contributed by atoms with van der Waals surface area (Å²) in [5, 5.41) is 0. The molecule has 0 N–H and O–H groups in total. The second kappa shape index (κ2) is 5.59. The third kappa shape index (κ3) is 2.66. The van der Waals surface area contributed by atoms with Crippen molar-refractivity contribution in [3.8, 4) is 11.1 Å². The Kier molecular flexibility index (Phi) is 3.66. The number of carbonyl (C=O) groups excluding carboxylic acids is 1. The summed E-state index contributed by atoms with van der Waals surface area (Å²) >= 11 is 0. The molecule has 3 rings (SSSR count). The molecule has 2 aromatic rings. The molecule has 0 bridgehead atoms. The summed E-state index contributed by atoms with van der Waals surface area (Å²) in [7, 11) is 0. The molecule has 0 spiro atoms. The van der Waals surface area contributed by atoms with Crippen molar-refractivity contribution < 1.29 is 9.53 Å². The van der Waals surface area contributed by atoms with Crippen LogP contribution in [0.4, 0.5) is 0 Å². The Bertz CT molecular complexity index is 587. The van der Waals surface area contributed by atoms with Gasteiger partial charge in [0.15, 0.2) is 5.78 Å². The first-order chi connectivity index (χ1) is 9.74. The molecular weight excluding hydrogens is 248 g/mol. The Balaban J connectivity index is 1.78. The normalized spacial score (nSPS) is 21.9.